The van der Waals surface area contributed by atoms with Gasteiger partial charge in [-0.1, -0.05) is 59.6 Å². The van der Waals surface area contributed by atoms with Crippen molar-refractivity contribution in [2.75, 3.05) is 44.2 Å². The second-order valence-electron chi connectivity index (χ2n) is 8.25. The Morgan fingerprint density at radius 2 is 1.32 bits per heavy atom. The predicted octanol–water partition coefficient (Wildman–Crippen LogP) is 5.41. The van der Waals surface area contributed by atoms with Gasteiger partial charge in [-0.3, -0.25) is 4.90 Å². The molecule has 1 unspecified atom stereocenters. The van der Waals surface area contributed by atoms with Crippen LogP contribution in [0.15, 0.2) is 72.8 Å². The lowest BCUT2D eigenvalue weighted by Crippen LogP contribution is -2.49. The summed E-state index contributed by atoms with van der Waals surface area (Å²) >= 11 is 12.1. The van der Waals surface area contributed by atoms with Gasteiger partial charge < -0.3 is 19.8 Å². The number of hydrogen-bond donors (Lipinski definition) is 2. The number of rotatable bonds is 8. The van der Waals surface area contributed by atoms with Crippen LogP contribution >= 0.6 is 35.6 Å². The summed E-state index contributed by atoms with van der Waals surface area (Å²) < 4.78 is 6.20. The van der Waals surface area contributed by atoms with Crippen LogP contribution in [0.25, 0.3) is 0 Å². The number of piperazine rings is 1. The number of hydrogen-bond acceptors (Lipinski definition) is 5. The van der Waals surface area contributed by atoms with Gasteiger partial charge in [0.2, 0.25) is 0 Å². The lowest BCUT2D eigenvalue weighted by Gasteiger charge is -2.37. The van der Waals surface area contributed by atoms with E-state index in [4.69, 9.17) is 27.9 Å². The maximum atomic E-state index is 10.7. The van der Waals surface area contributed by atoms with Gasteiger partial charge in [-0.2, -0.15) is 0 Å². The third-order valence-corrected chi connectivity index (χ3v) is 6.37. The Kier molecular flexibility index (Phi) is 9.89. The van der Waals surface area contributed by atoms with Crippen molar-refractivity contribution in [3.05, 3.63) is 94.0 Å². The van der Waals surface area contributed by atoms with Crippen molar-refractivity contribution in [2.24, 2.45) is 0 Å². The summed E-state index contributed by atoms with van der Waals surface area (Å²) in [5.41, 5.74) is 2.78. The minimum atomic E-state index is -0.622. The molecule has 0 spiro atoms. The van der Waals surface area contributed by atoms with Gasteiger partial charge in [0.1, 0.15) is 11.9 Å². The van der Waals surface area contributed by atoms with E-state index < -0.39 is 6.10 Å². The smallest absolute Gasteiger partial charge is 0.138 e. The van der Waals surface area contributed by atoms with Crippen LogP contribution in [0.1, 0.15) is 17.2 Å². The van der Waals surface area contributed by atoms with E-state index in [1.54, 1.807) is 6.07 Å². The lowest BCUT2D eigenvalue weighted by molar-refractivity contribution is -0.00894. The summed E-state index contributed by atoms with van der Waals surface area (Å²) in [5.74, 6) is 0.301. The average Bonchev–Trinajstić information content (AvgIpc) is 2.82. The van der Waals surface area contributed by atoms with Crippen LogP contribution in [-0.4, -0.2) is 60.5 Å². The molecule has 0 bridgehead atoms. The summed E-state index contributed by atoms with van der Waals surface area (Å²) in [7, 11) is 0. The Labute approximate surface area is 216 Å². The molecule has 1 aliphatic heterocycles. The number of para-hydroxylation sites is 2. The van der Waals surface area contributed by atoms with Gasteiger partial charge >= 0.3 is 0 Å². The number of aliphatic hydroxyl groups is 1. The molecule has 1 fully saturated rings. The number of aliphatic hydroxyl groups excluding tert-OH is 1. The molecule has 0 radical (unpaired) electrons. The zero-order chi connectivity index (χ0) is 23.2. The Morgan fingerprint density at radius 1 is 0.794 bits per heavy atom. The van der Waals surface area contributed by atoms with E-state index in [-0.39, 0.29) is 25.1 Å². The number of anilines is 1. The number of benzene rings is 3. The van der Waals surface area contributed by atoms with E-state index in [1.807, 2.05) is 66.7 Å². The Bertz CT molecular complexity index is 981. The van der Waals surface area contributed by atoms with Crippen molar-refractivity contribution in [3.63, 3.8) is 0 Å². The number of aromatic hydroxyl groups is 1. The topological polar surface area (TPSA) is 56.2 Å². The Hall–Kier alpha value is -1.99. The van der Waals surface area contributed by atoms with Crippen molar-refractivity contribution in [1.82, 2.24) is 4.90 Å². The van der Waals surface area contributed by atoms with Gasteiger partial charge in [0.15, 0.2) is 0 Å². The van der Waals surface area contributed by atoms with Crippen molar-refractivity contribution < 1.29 is 14.9 Å². The average molecular weight is 524 g/mol. The molecule has 1 aliphatic rings. The molecule has 0 aromatic heterocycles. The SMILES string of the molecule is Cl.Oc1ccccc1N1CCN(CC(O)COC(c2ccc(Cl)cc2)c2ccc(Cl)cc2)CC1. The van der Waals surface area contributed by atoms with Crippen molar-refractivity contribution in [1.29, 1.82) is 0 Å². The quantitative estimate of drug-likeness (QED) is 0.413. The van der Waals surface area contributed by atoms with Crippen molar-refractivity contribution in [2.45, 2.75) is 12.2 Å². The summed E-state index contributed by atoms with van der Waals surface area (Å²) in [4.78, 5) is 4.40. The highest BCUT2D eigenvalue weighted by atomic mass is 35.5. The number of halogens is 3. The van der Waals surface area contributed by atoms with Crippen LogP contribution in [0, 0.1) is 0 Å². The van der Waals surface area contributed by atoms with Gasteiger partial charge in [-0.05, 0) is 47.5 Å². The third-order valence-electron chi connectivity index (χ3n) is 5.86. The molecule has 1 saturated heterocycles. The van der Waals surface area contributed by atoms with Crippen LogP contribution in [-0.2, 0) is 4.74 Å². The molecule has 3 aromatic rings. The van der Waals surface area contributed by atoms with Crippen LogP contribution in [0.3, 0.4) is 0 Å². The number of β-amino-alcohol motifs (C(OH)–C–C–N with tert-alkyl or cyclic N) is 1. The van der Waals surface area contributed by atoms with E-state index in [2.05, 4.69) is 9.80 Å². The van der Waals surface area contributed by atoms with E-state index in [0.717, 1.165) is 43.0 Å². The standard InChI is InChI=1S/C26H28Cl2N2O3.ClH/c27-21-9-5-19(6-10-21)26(20-7-11-22(28)12-8-20)33-18-23(31)17-29-13-15-30(16-14-29)24-3-1-2-4-25(24)32;/h1-12,23,26,31-32H,13-18H2;1H. The molecule has 0 saturated carbocycles. The van der Waals surface area contributed by atoms with Gasteiger partial charge in [-0.15, -0.1) is 12.4 Å². The van der Waals surface area contributed by atoms with Crippen molar-refractivity contribution in [3.8, 4) is 5.75 Å². The second-order valence-corrected chi connectivity index (χ2v) is 9.12. The molecule has 0 amide bonds. The number of phenolic OH excluding ortho intramolecular Hbond substituents is 1. The highest BCUT2D eigenvalue weighted by Crippen LogP contribution is 2.29. The van der Waals surface area contributed by atoms with E-state index in [9.17, 15) is 10.2 Å². The molecule has 3 aromatic carbocycles. The van der Waals surface area contributed by atoms with Gasteiger partial charge in [-0.25, -0.2) is 0 Å². The van der Waals surface area contributed by atoms with Crippen molar-refractivity contribution >= 4 is 41.3 Å². The van der Waals surface area contributed by atoms with E-state index in [0.29, 0.717) is 22.3 Å². The third kappa shape index (κ3) is 7.01. The van der Waals surface area contributed by atoms with Crippen LogP contribution in [0.2, 0.25) is 10.0 Å². The predicted molar refractivity (Wildman–Crippen MR) is 141 cm³/mol. The molecule has 8 heteroatoms. The first kappa shape index (κ1) is 26.6. The zero-order valence-corrected chi connectivity index (χ0v) is 21.0. The monoisotopic (exact) mass is 522 g/mol. The minimum Gasteiger partial charge on any atom is -0.506 e. The first-order valence-electron chi connectivity index (χ1n) is 11.1. The summed E-state index contributed by atoms with van der Waals surface area (Å²) in [6, 6.07) is 22.5. The van der Waals surface area contributed by atoms with Crippen LogP contribution in [0.4, 0.5) is 5.69 Å². The lowest BCUT2D eigenvalue weighted by atomic mass is 10.0. The normalized spacial score (nSPS) is 15.2. The molecule has 2 N–H and O–H groups in total. The largest absolute Gasteiger partial charge is 0.506 e. The zero-order valence-electron chi connectivity index (χ0n) is 18.7. The van der Waals surface area contributed by atoms with Gasteiger partial charge in [0.05, 0.1) is 18.4 Å². The molecular formula is C26H29Cl3N2O3. The first-order chi connectivity index (χ1) is 16.0. The Morgan fingerprint density at radius 3 is 1.85 bits per heavy atom. The molecule has 1 atom stereocenters. The minimum absolute atomic E-state index is 0. The number of ether oxygens (including phenoxy) is 1. The summed E-state index contributed by atoms with van der Waals surface area (Å²) in [6.07, 6.45) is -0.948. The Balaban J connectivity index is 0.00000324. The molecule has 34 heavy (non-hydrogen) atoms. The molecule has 4 rings (SSSR count). The van der Waals surface area contributed by atoms with Gasteiger partial charge in [0.25, 0.3) is 0 Å². The molecule has 5 nitrogen and oxygen atoms in total. The maximum Gasteiger partial charge on any atom is 0.138 e. The van der Waals surface area contributed by atoms with Crippen LogP contribution < -0.4 is 4.90 Å². The van der Waals surface area contributed by atoms with E-state index in [1.165, 1.54) is 0 Å². The molecular weight excluding hydrogens is 495 g/mol. The highest BCUT2D eigenvalue weighted by molar-refractivity contribution is 6.30. The fraction of sp³-hybridized carbons (Fsp3) is 0.308. The summed E-state index contributed by atoms with van der Waals surface area (Å²) in [6.45, 7) is 3.94. The molecule has 0 aliphatic carbocycles. The first-order valence-corrected chi connectivity index (χ1v) is 11.8. The highest BCUT2D eigenvalue weighted by Gasteiger charge is 2.22. The van der Waals surface area contributed by atoms with Crippen LogP contribution in [0.5, 0.6) is 5.75 Å². The number of nitrogens with zero attached hydrogens (tertiary/aromatic N) is 2. The van der Waals surface area contributed by atoms with Gasteiger partial charge in [0, 0.05) is 42.8 Å². The second kappa shape index (κ2) is 12.6. The molecule has 182 valence electrons. The summed E-state index contributed by atoms with van der Waals surface area (Å²) in [5, 5.41) is 22.1. The van der Waals surface area contributed by atoms with E-state index >= 15 is 0 Å². The fourth-order valence-electron chi connectivity index (χ4n) is 4.12. The maximum absolute atomic E-state index is 10.7. The number of phenols is 1. The fourth-order valence-corrected chi connectivity index (χ4v) is 4.37. The molecule has 1 heterocycles.